The first-order valence-electron chi connectivity index (χ1n) is 8.09. The Kier molecular flexibility index (Phi) is 2.84. The van der Waals surface area contributed by atoms with Gasteiger partial charge in [0.15, 0.2) is 0 Å². The van der Waals surface area contributed by atoms with Crippen molar-refractivity contribution in [3.05, 3.63) is 12.2 Å². The molecule has 0 N–H and O–H groups in total. The third kappa shape index (κ3) is 1.66. The number of allylic oxidation sites excluding steroid dienone is 1. The van der Waals surface area contributed by atoms with Crippen molar-refractivity contribution in [2.24, 2.45) is 23.2 Å². The number of carbonyl (C=O) groups excluding carboxylic acids is 1. The van der Waals surface area contributed by atoms with Crippen LogP contribution in [0.15, 0.2) is 12.2 Å². The highest BCUT2D eigenvalue weighted by Gasteiger charge is 2.70. The minimum atomic E-state index is -0.228. The van der Waals surface area contributed by atoms with E-state index in [1.54, 1.807) is 7.11 Å². The topological polar surface area (TPSA) is 44.8 Å². The quantitative estimate of drug-likeness (QED) is 0.591. The number of hydrogen-bond acceptors (Lipinski definition) is 4. The zero-order valence-corrected chi connectivity index (χ0v) is 13.0. The number of rotatable bonds is 3. The molecule has 4 fully saturated rings. The predicted molar refractivity (Wildman–Crippen MR) is 76.6 cm³/mol. The minimum absolute atomic E-state index is 0.0185. The van der Waals surface area contributed by atoms with Crippen LogP contribution in [0.5, 0.6) is 0 Å². The summed E-state index contributed by atoms with van der Waals surface area (Å²) in [5.74, 6) is 0.498. The van der Waals surface area contributed by atoms with Crippen LogP contribution in [0.3, 0.4) is 0 Å². The molecule has 3 aliphatic carbocycles. The van der Waals surface area contributed by atoms with E-state index in [1.807, 2.05) is 6.92 Å². The predicted octanol–water partition coefficient (Wildman–Crippen LogP) is 2.32. The van der Waals surface area contributed by atoms with Crippen molar-refractivity contribution >= 4 is 5.97 Å². The van der Waals surface area contributed by atoms with E-state index in [4.69, 9.17) is 14.2 Å². The second-order valence-corrected chi connectivity index (χ2v) is 7.38. The summed E-state index contributed by atoms with van der Waals surface area (Å²) in [5.41, 5.74) is 0.137. The molecular weight excluding hydrogens is 268 g/mol. The second-order valence-electron chi connectivity index (χ2n) is 7.38. The maximum Gasteiger partial charge on any atom is 0.312 e. The molecule has 2 aliphatic heterocycles. The first kappa shape index (κ1) is 13.8. The Labute approximate surface area is 125 Å². The molecule has 21 heavy (non-hydrogen) atoms. The van der Waals surface area contributed by atoms with Crippen molar-refractivity contribution in [1.29, 1.82) is 0 Å². The van der Waals surface area contributed by atoms with Crippen molar-refractivity contribution < 1.29 is 19.0 Å². The summed E-state index contributed by atoms with van der Waals surface area (Å²) in [6, 6.07) is 0. The van der Waals surface area contributed by atoms with Gasteiger partial charge in [0.05, 0.1) is 30.3 Å². The fourth-order valence-electron chi connectivity index (χ4n) is 5.72. The van der Waals surface area contributed by atoms with E-state index in [0.29, 0.717) is 12.5 Å². The van der Waals surface area contributed by atoms with Crippen molar-refractivity contribution in [3.8, 4) is 0 Å². The molecule has 7 atom stereocenters. The Hall–Kier alpha value is -0.870. The highest BCUT2D eigenvalue weighted by atomic mass is 16.5. The van der Waals surface area contributed by atoms with Crippen molar-refractivity contribution in [2.75, 3.05) is 13.7 Å². The van der Waals surface area contributed by atoms with Gasteiger partial charge in [-0.05, 0) is 44.4 Å². The Morgan fingerprint density at radius 1 is 1.48 bits per heavy atom. The summed E-state index contributed by atoms with van der Waals surface area (Å²) in [6.07, 6.45) is 7.68. The van der Waals surface area contributed by atoms with E-state index in [-0.39, 0.29) is 41.0 Å². The molecule has 1 spiro atoms. The van der Waals surface area contributed by atoms with Gasteiger partial charge in [-0.15, -0.1) is 0 Å². The van der Waals surface area contributed by atoms with Crippen LogP contribution in [0.25, 0.3) is 0 Å². The van der Waals surface area contributed by atoms with Gasteiger partial charge in [-0.1, -0.05) is 12.2 Å². The molecular formula is C17H24O4. The maximum atomic E-state index is 12.5. The average Bonchev–Trinajstić information content (AvgIpc) is 2.81. The van der Waals surface area contributed by atoms with Crippen LogP contribution in [0.2, 0.25) is 0 Å². The lowest BCUT2D eigenvalue weighted by Gasteiger charge is -2.51. The van der Waals surface area contributed by atoms with E-state index in [2.05, 4.69) is 19.1 Å². The van der Waals surface area contributed by atoms with Gasteiger partial charge in [0, 0.05) is 13.0 Å². The Morgan fingerprint density at radius 3 is 2.95 bits per heavy atom. The largest absolute Gasteiger partial charge is 0.466 e. The van der Waals surface area contributed by atoms with E-state index in [9.17, 15) is 4.79 Å². The molecule has 4 bridgehead atoms. The van der Waals surface area contributed by atoms with Crippen molar-refractivity contribution in [2.45, 2.75) is 50.9 Å². The molecule has 0 amide bonds. The molecule has 0 radical (unpaired) electrons. The molecule has 2 saturated heterocycles. The lowest BCUT2D eigenvalue weighted by Crippen LogP contribution is -2.55. The molecule has 2 heterocycles. The third-order valence-electron chi connectivity index (χ3n) is 6.36. The zero-order valence-electron chi connectivity index (χ0n) is 13.0. The fourth-order valence-corrected chi connectivity index (χ4v) is 5.72. The summed E-state index contributed by atoms with van der Waals surface area (Å²) in [5, 5.41) is 0. The molecule has 0 aromatic rings. The van der Waals surface area contributed by atoms with Gasteiger partial charge in [0.2, 0.25) is 0 Å². The van der Waals surface area contributed by atoms with Crippen LogP contribution in [0, 0.1) is 23.2 Å². The Bertz CT molecular complexity index is 501. The minimum Gasteiger partial charge on any atom is -0.466 e. The van der Waals surface area contributed by atoms with Gasteiger partial charge in [0.25, 0.3) is 0 Å². The number of carbonyl (C=O) groups is 1. The Balaban J connectivity index is 1.74. The van der Waals surface area contributed by atoms with Gasteiger partial charge in [-0.3, -0.25) is 4.79 Å². The molecule has 4 heteroatoms. The number of methoxy groups -OCH3 is 1. The maximum absolute atomic E-state index is 12.5. The summed E-state index contributed by atoms with van der Waals surface area (Å²) in [4.78, 5) is 12.5. The molecule has 0 aromatic heterocycles. The molecule has 0 unspecified atom stereocenters. The van der Waals surface area contributed by atoms with Crippen LogP contribution in [0.1, 0.15) is 33.1 Å². The van der Waals surface area contributed by atoms with Gasteiger partial charge in [-0.2, -0.15) is 0 Å². The van der Waals surface area contributed by atoms with E-state index in [1.165, 1.54) is 0 Å². The smallest absolute Gasteiger partial charge is 0.312 e. The number of hydrogen-bond donors (Lipinski definition) is 0. The molecule has 5 aliphatic rings. The van der Waals surface area contributed by atoms with Crippen LogP contribution in [0.4, 0.5) is 0 Å². The first-order chi connectivity index (χ1) is 10.0. The highest BCUT2D eigenvalue weighted by molar-refractivity contribution is 5.75. The number of ether oxygens (including phenoxy) is 3. The monoisotopic (exact) mass is 292 g/mol. The van der Waals surface area contributed by atoms with Gasteiger partial charge in [-0.25, -0.2) is 0 Å². The van der Waals surface area contributed by atoms with Gasteiger partial charge in [0.1, 0.15) is 0 Å². The lowest BCUT2D eigenvalue weighted by molar-refractivity contribution is -0.180. The van der Waals surface area contributed by atoms with Gasteiger partial charge >= 0.3 is 5.97 Å². The third-order valence-corrected chi connectivity index (χ3v) is 6.36. The first-order valence-corrected chi connectivity index (χ1v) is 8.09. The average molecular weight is 292 g/mol. The van der Waals surface area contributed by atoms with Crippen LogP contribution >= 0.6 is 0 Å². The van der Waals surface area contributed by atoms with E-state index >= 15 is 0 Å². The van der Waals surface area contributed by atoms with Crippen molar-refractivity contribution in [3.63, 3.8) is 0 Å². The SMILES string of the molecule is CCOC(=O)[C@H]1[C@@H]2[C@@H]3C[C@H]4C[C@@]2(C=C[C@H]1OC)C[C@]4(C)O3. The van der Waals surface area contributed by atoms with Crippen LogP contribution in [-0.4, -0.2) is 37.5 Å². The lowest BCUT2D eigenvalue weighted by atomic mass is 9.57. The summed E-state index contributed by atoms with van der Waals surface area (Å²) in [7, 11) is 1.67. The van der Waals surface area contributed by atoms with E-state index < -0.39 is 0 Å². The van der Waals surface area contributed by atoms with E-state index in [0.717, 1.165) is 19.3 Å². The Morgan fingerprint density at radius 2 is 2.29 bits per heavy atom. The second kappa shape index (κ2) is 4.32. The standard InChI is InChI=1S/C17H24O4/c1-4-20-15(18)13-11(19-3)5-6-17-8-10-7-12(14(13)17)21-16(10,2)9-17/h5-6,10-14H,4,7-9H2,1-3H3/t10-,11+,12-,13+,14-,16-,17-/m0/s1. The molecule has 116 valence electrons. The zero-order chi connectivity index (χ0) is 14.8. The summed E-state index contributed by atoms with van der Waals surface area (Å²) in [6.45, 7) is 4.52. The number of esters is 1. The highest BCUT2D eigenvalue weighted by Crippen LogP contribution is 2.69. The molecule has 0 aromatic carbocycles. The molecule has 2 saturated carbocycles. The molecule has 5 rings (SSSR count). The normalized spacial score (nSPS) is 53.0. The summed E-state index contributed by atoms with van der Waals surface area (Å²) < 4.78 is 17.3. The van der Waals surface area contributed by atoms with Crippen LogP contribution < -0.4 is 0 Å². The fraction of sp³-hybridized carbons (Fsp3) is 0.824. The molecule has 4 nitrogen and oxygen atoms in total. The van der Waals surface area contributed by atoms with Crippen LogP contribution in [-0.2, 0) is 19.0 Å². The van der Waals surface area contributed by atoms with Gasteiger partial charge < -0.3 is 14.2 Å². The van der Waals surface area contributed by atoms with Crippen molar-refractivity contribution in [1.82, 2.24) is 0 Å². The summed E-state index contributed by atoms with van der Waals surface area (Å²) >= 11 is 0.